The van der Waals surface area contributed by atoms with E-state index in [9.17, 15) is 14.4 Å². The van der Waals surface area contributed by atoms with Crippen molar-refractivity contribution in [3.8, 4) is 6.07 Å². The Hall–Kier alpha value is -3.86. The molecule has 0 atom stereocenters. The highest BCUT2D eigenvalue weighted by Gasteiger charge is 2.09. The number of nitriles is 1. The number of para-hydroxylation sites is 1. The Kier molecular flexibility index (Phi) is 7.36. The molecule has 0 saturated heterocycles. The van der Waals surface area contributed by atoms with Crippen molar-refractivity contribution in [3.63, 3.8) is 0 Å². The van der Waals surface area contributed by atoms with Gasteiger partial charge in [-0.05, 0) is 36.4 Å². The molecule has 0 aliphatic heterocycles. The fraction of sp³-hybridized carbons (Fsp3) is 0.158. The maximum absolute atomic E-state index is 11.7. The van der Waals surface area contributed by atoms with Crippen LogP contribution in [0.25, 0.3) is 0 Å². The molecule has 138 valence electrons. The van der Waals surface area contributed by atoms with E-state index in [1.807, 2.05) is 12.1 Å². The predicted molar refractivity (Wildman–Crippen MR) is 98.8 cm³/mol. The summed E-state index contributed by atoms with van der Waals surface area (Å²) >= 11 is 0. The first-order valence-corrected chi connectivity index (χ1v) is 8.12. The molecule has 0 heterocycles. The molecule has 0 saturated carbocycles. The summed E-state index contributed by atoms with van der Waals surface area (Å²) in [7, 11) is 0. The van der Waals surface area contributed by atoms with Crippen LogP contribution in [0.4, 0.5) is 16.2 Å². The molecule has 8 nitrogen and oxygen atoms in total. The van der Waals surface area contributed by atoms with Gasteiger partial charge in [0.25, 0.3) is 5.91 Å². The van der Waals surface area contributed by atoms with Crippen molar-refractivity contribution in [1.82, 2.24) is 5.32 Å². The summed E-state index contributed by atoms with van der Waals surface area (Å²) < 4.78 is 4.85. The Morgan fingerprint density at radius 1 is 0.926 bits per heavy atom. The largest absolute Gasteiger partial charge is 0.456 e. The molecule has 3 N–H and O–H groups in total. The molecular formula is C19H18N4O4. The van der Waals surface area contributed by atoms with Crippen LogP contribution >= 0.6 is 0 Å². The van der Waals surface area contributed by atoms with Gasteiger partial charge in [-0.1, -0.05) is 18.2 Å². The standard InChI is InChI=1S/C19H18N4O4/c20-12-14-6-8-16(9-7-14)22-17(24)13-27-18(25)10-11-21-19(26)23-15-4-2-1-3-5-15/h1-9H,10-11,13H2,(H,22,24)(H2,21,23,26). The molecule has 0 aliphatic rings. The van der Waals surface area contributed by atoms with Crippen LogP contribution < -0.4 is 16.0 Å². The molecule has 0 fully saturated rings. The minimum Gasteiger partial charge on any atom is -0.456 e. The number of amides is 3. The number of nitrogens with zero attached hydrogens (tertiary/aromatic N) is 1. The van der Waals surface area contributed by atoms with Gasteiger partial charge in [0.05, 0.1) is 18.1 Å². The average molecular weight is 366 g/mol. The van der Waals surface area contributed by atoms with E-state index in [0.717, 1.165) is 0 Å². The van der Waals surface area contributed by atoms with E-state index < -0.39 is 24.5 Å². The van der Waals surface area contributed by atoms with Gasteiger partial charge in [-0.3, -0.25) is 9.59 Å². The van der Waals surface area contributed by atoms with Gasteiger partial charge in [0.2, 0.25) is 0 Å². The second-order valence-corrected chi connectivity index (χ2v) is 5.39. The topological polar surface area (TPSA) is 120 Å². The number of urea groups is 1. The molecule has 3 amide bonds. The van der Waals surface area contributed by atoms with E-state index in [-0.39, 0.29) is 13.0 Å². The van der Waals surface area contributed by atoms with Crippen molar-refractivity contribution in [2.75, 3.05) is 23.8 Å². The maximum atomic E-state index is 11.7. The summed E-state index contributed by atoms with van der Waals surface area (Å²) in [6.07, 6.45) is -0.0631. The third-order valence-corrected chi connectivity index (χ3v) is 3.31. The van der Waals surface area contributed by atoms with E-state index in [2.05, 4.69) is 16.0 Å². The summed E-state index contributed by atoms with van der Waals surface area (Å²) in [4.78, 5) is 35.0. The monoisotopic (exact) mass is 366 g/mol. The first-order chi connectivity index (χ1) is 13.1. The van der Waals surface area contributed by atoms with Gasteiger partial charge in [0, 0.05) is 17.9 Å². The number of esters is 1. The lowest BCUT2D eigenvalue weighted by Crippen LogP contribution is -2.31. The molecule has 0 aromatic heterocycles. The van der Waals surface area contributed by atoms with Crippen LogP contribution in [-0.2, 0) is 14.3 Å². The van der Waals surface area contributed by atoms with Gasteiger partial charge in [-0.2, -0.15) is 5.26 Å². The van der Waals surface area contributed by atoms with Gasteiger partial charge in [-0.25, -0.2) is 4.79 Å². The van der Waals surface area contributed by atoms with E-state index in [4.69, 9.17) is 10.00 Å². The highest BCUT2D eigenvalue weighted by atomic mass is 16.5. The lowest BCUT2D eigenvalue weighted by molar-refractivity contribution is -0.147. The van der Waals surface area contributed by atoms with Gasteiger partial charge in [0.15, 0.2) is 6.61 Å². The van der Waals surface area contributed by atoms with Gasteiger partial charge >= 0.3 is 12.0 Å². The van der Waals surface area contributed by atoms with Crippen molar-refractivity contribution in [2.24, 2.45) is 0 Å². The molecule has 27 heavy (non-hydrogen) atoms. The number of hydrogen-bond donors (Lipinski definition) is 3. The number of hydrogen-bond acceptors (Lipinski definition) is 5. The van der Waals surface area contributed by atoms with Crippen LogP contribution in [0.5, 0.6) is 0 Å². The number of carbonyl (C=O) groups excluding carboxylic acids is 3. The van der Waals surface area contributed by atoms with Crippen LogP contribution in [0.15, 0.2) is 54.6 Å². The lowest BCUT2D eigenvalue weighted by atomic mass is 10.2. The molecule has 0 unspecified atom stereocenters. The molecular weight excluding hydrogens is 348 g/mol. The fourth-order valence-corrected chi connectivity index (χ4v) is 2.02. The summed E-state index contributed by atoms with van der Waals surface area (Å²) in [5.41, 5.74) is 1.61. The quantitative estimate of drug-likeness (QED) is 0.649. The molecule has 0 aliphatic carbocycles. The predicted octanol–water partition coefficient (Wildman–Crippen LogP) is 2.25. The van der Waals surface area contributed by atoms with Crippen LogP contribution in [-0.4, -0.2) is 31.1 Å². The fourth-order valence-electron chi connectivity index (χ4n) is 2.02. The number of nitrogens with one attached hydrogen (secondary N) is 3. The highest BCUT2D eigenvalue weighted by molar-refractivity contribution is 5.93. The third-order valence-electron chi connectivity index (χ3n) is 3.31. The minimum absolute atomic E-state index is 0.0631. The molecule has 2 aromatic carbocycles. The summed E-state index contributed by atoms with van der Waals surface area (Å²) in [5.74, 6) is -1.10. The van der Waals surface area contributed by atoms with Gasteiger partial charge < -0.3 is 20.7 Å². The third kappa shape index (κ3) is 7.27. The van der Waals surface area contributed by atoms with Gasteiger partial charge in [0.1, 0.15) is 0 Å². The van der Waals surface area contributed by atoms with Crippen LogP contribution in [0, 0.1) is 11.3 Å². The summed E-state index contributed by atoms with van der Waals surface area (Å²) in [6, 6.07) is 16.7. The van der Waals surface area contributed by atoms with Crippen molar-refractivity contribution < 1.29 is 19.1 Å². The van der Waals surface area contributed by atoms with E-state index in [1.165, 1.54) is 0 Å². The molecule has 2 rings (SSSR count). The lowest BCUT2D eigenvalue weighted by Gasteiger charge is -2.08. The zero-order valence-electron chi connectivity index (χ0n) is 14.4. The SMILES string of the molecule is N#Cc1ccc(NC(=O)COC(=O)CCNC(=O)Nc2ccccc2)cc1. The first kappa shape index (κ1) is 19.5. The number of carbonyl (C=O) groups is 3. The normalized spacial score (nSPS) is 9.59. The second kappa shape index (κ2) is 10.2. The molecule has 0 radical (unpaired) electrons. The molecule has 0 bridgehead atoms. The number of benzene rings is 2. The van der Waals surface area contributed by atoms with Crippen LogP contribution in [0.1, 0.15) is 12.0 Å². The molecule has 8 heteroatoms. The first-order valence-electron chi connectivity index (χ1n) is 8.12. The highest BCUT2D eigenvalue weighted by Crippen LogP contribution is 2.08. The smallest absolute Gasteiger partial charge is 0.319 e. The Morgan fingerprint density at radius 3 is 2.26 bits per heavy atom. The van der Waals surface area contributed by atoms with Crippen molar-refractivity contribution >= 4 is 29.3 Å². The number of rotatable bonds is 7. The number of anilines is 2. The van der Waals surface area contributed by atoms with Crippen molar-refractivity contribution in [1.29, 1.82) is 5.26 Å². The summed E-state index contributed by atoms with van der Waals surface area (Å²) in [6.45, 7) is -0.357. The minimum atomic E-state index is -0.606. The van der Waals surface area contributed by atoms with E-state index in [1.54, 1.807) is 48.5 Å². The Labute approximate surface area is 156 Å². The maximum Gasteiger partial charge on any atom is 0.319 e. The second-order valence-electron chi connectivity index (χ2n) is 5.39. The van der Waals surface area contributed by atoms with Crippen molar-refractivity contribution in [3.05, 3.63) is 60.2 Å². The average Bonchev–Trinajstić information content (AvgIpc) is 2.68. The Bertz CT molecular complexity index is 829. The van der Waals surface area contributed by atoms with Crippen molar-refractivity contribution in [2.45, 2.75) is 6.42 Å². The zero-order chi connectivity index (χ0) is 19.5. The van der Waals surface area contributed by atoms with E-state index in [0.29, 0.717) is 16.9 Å². The van der Waals surface area contributed by atoms with Crippen LogP contribution in [0.3, 0.4) is 0 Å². The van der Waals surface area contributed by atoms with Crippen LogP contribution in [0.2, 0.25) is 0 Å². The van der Waals surface area contributed by atoms with Gasteiger partial charge in [-0.15, -0.1) is 0 Å². The Balaban J connectivity index is 1.61. The molecule has 2 aromatic rings. The van der Waals surface area contributed by atoms with E-state index >= 15 is 0 Å². The molecule has 0 spiro atoms. The Morgan fingerprint density at radius 2 is 1.59 bits per heavy atom. The summed E-state index contributed by atoms with van der Waals surface area (Å²) in [5, 5.41) is 16.4. The number of ether oxygens (including phenoxy) is 1. The zero-order valence-corrected chi connectivity index (χ0v) is 14.4.